The maximum atomic E-state index is 5.97. The molecule has 0 aromatic rings. The van der Waals surface area contributed by atoms with Gasteiger partial charge in [0.05, 0.1) is 5.60 Å². The van der Waals surface area contributed by atoms with Crippen molar-refractivity contribution in [3.8, 4) is 0 Å². The third-order valence-electron chi connectivity index (χ3n) is 2.97. The molecular formula is C13H29NO. The highest BCUT2D eigenvalue weighted by atomic mass is 16.5. The minimum absolute atomic E-state index is 0.0645. The monoisotopic (exact) mass is 215 g/mol. The van der Waals surface area contributed by atoms with Crippen molar-refractivity contribution in [2.45, 2.75) is 59.5 Å². The predicted molar refractivity (Wildman–Crippen MR) is 67.3 cm³/mol. The molecule has 1 atom stereocenters. The largest absolute Gasteiger partial charge is 0.374 e. The molecule has 0 aromatic heterocycles. The predicted octanol–water partition coefficient (Wildman–Crippen LogP) is 3.22. The summed E-state index contributed by atoms with van der Waals surface area (Å²) in [5.41, 5.74) is 0.0645. The first-order valence-electron chi connectivity index (χ1n) is 6.44. The zero-order chi connectivity index (χ0) is 11.7. The van der Waals surface area contributed by atoms with E-state index in [2.05, 4.69) is 39.9 Å². The van der Waals surface area contributed by atoms with Gasteiger partial charge in [-0.3, -0.25) is 0 Å². The Labute approximate surface area is 95.8 Å². The van der Waals surface area contributed by atoms with Gasteiger partial charge in [-0.05, 0) is 38.6 Å². The Morgan fingerprint density at radius 3 is 2.27 bits per heavy atom. The van der Waals surface area contributed by atoms with E-state index >= 15 is 0 Å². The molecule has 0 spiro atoms. The molecule has 15 heavy (non-hydrogen) atoms. The van der Waals surface area contributed by atoms with E-state index < -0.39 is 0 Å². The lowest BCUT2D eigenvalue weighted by Gasteiger charge is -2.33. The van der Waals surface area contributed by atoms with Crippen LogP contribution in [0.1, 0.15) is 53.9 Å². The molecule has 2 heteroatoms. The van der Waals surface area contributed by atoms with Crippen molar-refractivity contribution >= 4 is 0 Å². The van der Waals surface area contributed by atoms with Crippen LogP contribution in [0.4, 0.5) is 0 Å². The van der Waals surface area contributed by atoms with Gasteiger partial charge < -0.3 is 10.1 Å². The smallest absolute Gasteiger partial charge is 0.0803 e. The van der Waals surface area contributed by atoms with Crippen LogP contribution in [0.5, 0.6) is 0 Å². The number of hydrogen-bond donors (Lipinski definition) is 1. The molecule has 0 aliphatic carbocycles. The molecule has 1 N–H and O–H groups in total. The molecule has 0 fully saturated rings. The summed E-state index contributed by atoms with van der Waals surface area (Å²) in [5.74, 6) is 0.762. The summed E-state index contributed by atoms with van der Waals surface area (Å²) in [4.78, 5) is 0. The van der Waals surface area contributed by atoms with E-state index in [1.807, 2.05) is 0 Å². The lowest BCUT2D eigenvalue weighted by molar-refractivity contribution is -0.0497. The van der Waals surface area contributed by atoms with Gasteiger partial charge in [-0.15, -0.1) is 0 Å². The Hall–Kier alpha value is -0.0800. The van der Waals surface area contributed by atoms with Gasteiger partial charge in [0, 0.05) is 13.2 Å². The Bertz CT molecular complexity index is 147. The summed E-state index contributed by atoms with van der Waals surface area (Å²) in [7, 11) is 0. The minimum Gasteiger partial charge on any atom is -0.374 e. The van der Waals surface area contributed by atoms with Crippen LogP contribution in [0, 0.1) is 5.92 Å². The van der Waals surface area contributed by atoms with Crippen molar-refractivity contribution in [2.24, 2.45) is 5.92 Å². The Morgan fingerprint density at radius 2 is 1.87 bits per heavy atom. The maximum Gasteiger partial charge on any atom is 0.0803 e. The van der Waals surface area contributed by atoms with Crippen LogP contribution in [0.2, 0.25) is 0 Å². The molecule has 0 radical (unpaired) electrons. The van der Waals surface area contributed by atoms with E-state index in [0.717, 1.165) is 32.0 Å². The van der Waals surface area contributed by atoms with Gasteiger partial charge in [-0.25, -0.2) is 0 Å². The van der Waals surface area contributed by atoms with Crippen LogP contribution in [0.3, 0.4) is 0 Å². The number of hydrogen-bond acceptors (Lipinski definition) is 2. The highest BCUT2D eigenvalue weighted by Crippen LogP contribution is 2.24. The first-order chi connectivity index (χ1) is 7.10. The van der Waals surface area contributed by atoms with E-state index in [1.165, 1.54) is 12.8 Å². The number of ether oxygens (including phenoxy) is 1. The topological polar surface area (TPSA) is 21.3 Å². The van der Waals surface area contributed by atoms with Crippen molar-refractivity contribution in [1.82, 2.24) is 5.32 Å². The highest BCUT2D eigenvalue weighted by molar-refractivity contribution is 4.82. The molecule has 0 aromatic carbocycles. The van der Waals surface area contributed by atoms with Gasteiger partial charge in [0.15, 0.2) is 0 Å². The summed E-state index contributed by atoms with van der Waals surface area (Å²) in [6.45, 7) is 13.8. The molecule has 1 unspecified atom stereocenters. The molecule has 0 rings (SSSR count). The second-order valence-corrected chi connectivity index (χ2v) is 4.68. The van der Waals surface area contributed by atoms with Gasteiger partial charge in [0.1, 0.15) is 0 Å². The summed E-state index contributed by atoms with van der Waals surface area (Å²) >= 11 is 0. The Morgan fingerprint density at radius 1 is 1.20 bits per heavy atom. The fourth-order valence-electron chi connectivity index (χ4n) is 1.83. The maximum absolute atomic E-state index is 5.97. The quantitative estimate of drug-likeness (QED) is 0.637. The molecule has 0 aliphatic heterocycles. The van der Waals surface area contributed by atoms with Crippen LogP contribution in [0.15, 0.2) is 0 Å². The normalized spacial score (nSPS) is 15.6. The molecule has 0 bridgehead atoms. The molecule has 0 saturated heterocycles. The Kier molecular flexibility index (Phi) is 8.07. The summed E-state index contributed by atoms with van der Waals surface area (Å²) in [6.07, 6.45) is 3.52. The lowest BCUT2D eigenvalue weighted by Crippen LogP contribution is -2.43. The van der Waals surface area contributed by atoms with E-state index in [9.17, 15) is 0 Å². The lowest BCUT2D eigenvalue weighted by atomic mass is 9.90. The fourth-order valence-corrected chi connectivity index (χ4v) is 1.83. The number of nitrogens with one attached hydrogen (secondary N) is 1. The van der Waals surface area contributed by atoms with Crippen molar-refractivity contribution in [2.75, 3.05) is 19.7 Å². The van der Waals surface area contributed by atoms with E-state index in [0.29, 0.717) is 0 Å². The van der Waals surface area contributed by atoms with E-state index in [1.54, 1.807) is 0 Å². The second kappa shape index (κ2) is 8.12. The third kappa shape index (κ3) is 6.16. The van der Waals surface area contributed by atoms with Crippen LogP contribution < -0.4 is 5.32 Å². The van der Waals surface area contributed by atoms with E-state index in [-0.39, 0.29) is 5.60 Å². The number of likely N-dealkylation sites (N-methyl/N-ethyl adjacent to an activating group) is 1. The molecule has 0 amide bonds. The van der Waals surface area contributed by atoms with Gasteiger partial charge in [0.2, 0.25) is 0 Å². The molecule has 0 aliphatic rings. The van der Waals surface area contributed by atoms with Gasteiger partial charge in [-0.1, -0.05) is 27.7 Å². The molecular weight excluding hydrogens is 186 g/mol. The zero-order valence-corrected chi connectivity index (χ0v) is 11.2. The molecule has 0 saturated carbocycles. The molecule has 2 nitrogen and oxygen atoms in total. The molecule has 0 heterocycles. The van der Waals surface area contributed by atoms with Crippen LogP contribution >= 0.6 is 0 Å². The van der Waals surface area contributed by atoms with Crippen LogP contribution in [-0.2, 0) is 4.74 Å². The first kappa shape index (κ1) is 14.9. The van der Waals surface area contributed by atoms with Gasteiger partial charge in [0.25, 0.3) is 0 Å². The van der Waals surface area contributed by atoms with Gasteiger partial charge >= 0.3 is 0 Å². The van der Waals surface area contributed by atoms with Crippen molar-refractivity contribution in [3.05, 3.63) is 0 Å². The third-order valence-corrected chi connectivity index (χ3v) is 2.97. The van der Waals surface area contributed by atoms with E-state index in [4.69, 9.17) is 4.74 Å². The van der Waals surface area contributed by atoms with Crippen LogP contribution in [-0.4, -0.2) is 25.3 Å². The van der Waals surface area contributed by atoms with Crippen LogP contribution in [0.25, 0.3) is 0 Å². The minimum atomic E-state index is 0.0645. The fraction of sp³-hybridized carbons (Fsp3) is 1.00. The van der Waals surface area contributed by atoms with Crippen molar-refractivity contribution < 1.29 is 4.74 Å². The summed E-state index contributed by atoms with van der Waals surface area (Å²) < 4.78 is 5.97. The van der Waals surface area contributed by atoms with Gasteiger partial charge in [-0.2, -0.15) is 0 Å². The molecule has 92 valence electrons. The average molecular weight is 215 g/mol. The van der Waals surface area contributed by atoms with Crippen molar-refractivity contribution in [3.63, 3.8) is 0 Å². The average Bonchev–Trinajstić information content (AvgIpc) is 2.22. The standard InChI is InChI=1S/C13H29NO/c1-6-13(15-8-3,11-14-7-2)10-9-12(4)5/h12,14H,6-11H2,1-5H3. The Balaban J connectivity index is 4.21. The SMILES string of the molecule is CCNCC(CC)(CCC(C)C)OCC. The highest BCUT2D eigenvalue weighted by Gasteiger charge is 2.27. The first-order valence-corrected chi connectivity index (χ1v) is 6.44. The summed E-state index contributed by atoms with van der Waals surface area (Å²) in [5, 5.41) is 3.42. The number of rotatable bonds is 9. The zero-order valence-electron chi connectivity index (χ0n) is 11.2. The summed E-state index contributed by atoms with van der Waals surface area (Å²) in [6, 6.07) is 0. The van der Waals surface area contributed by atoms with Crippen molar-refractivity contribution in [1.29, 1.82) is 0 Å². The second-order valence-electron chi connectivity index (χ2n) is 4.68.